The molecule has 0 aliphatic heterocycles. The molecular formula is C17H19BrO3. The third kappa shape index (κ3) is 3.21. The van der Waals surface area contributed by atoms with Crippen LogP contribution in [0.5, 0.6) is 5.75 Å². The van der Waals surface area contributed by atoms with Gasteiger partial charge in [-0.15, -0.1) is 0 Å². The summed E-state index contributed by atoms with van der Waals surface area (Å²) in [5, 5.41) is 1.96. The van der Waals surface area contributed by atoms with E-state index in [0.29, 0.717) is 17.9 Å². The van der Waals surface area contributed by atoms with Crippen LogP contribution in [0.2, 0.25) is 0 Å². The molecule has 0 saturated heterocycles. The second kappa shape index (κ2) is 6.94. The molecule has 4 heteroatoms. The zero-order valence-corrected chi connectivity index (χ0v) is 14.1. The van der Waals surface area contributed by atoms with Gasteiger partial charge in [-0.2, -0.15) is 0 Å². The van der Waals surface area contributed by atoms with Crippen molar-refractivity contribution in [3.63, 3.8) is 0 Å². The Kier molecular flexibility index (Phi) is 5.23. The van der Waals surface area contributed by atoms with E-state index in [1.54, 1.807) is 0 Å². The molecule has 0 fully saturated rings. The normalized spacial score (nSPS) is 10.7. The molecule has 0 aliphatic carbocycles. The van der Waals surface area contributed by atoms with Gasteiger partial charge in [-0.05, 0) is 36.4 Å². The second-order valence-electron chi connectivity index (χ2n) is 4.93. The highest BCUT2D eigenvalue weighted by molar-refractivity contribution is 9.10. The molecule has 112 valence electrons. The lowest BCUT2D eigenvalue weighted by atomic mass is 10.00. The van der Waals surface area contributed by atoms with Crippen molar-refractivity contribution in [1.82, 2.24) is 0 Å². The number of aryl methyl sites for hydroxylation is 1. The molecule has 0 saturated carbocycles. The van der Waals surface area contributed by atoms with E-state index >= 15 is 0 Å². The van der Waals surface area contributed by atoms with Gasteiger partial charge in [-0.3, -0.25) is 0 Å². The summed E-state index contributed by atoms with van der Waals surface area (Å²) in [5.41, 5.74) is 1.37. The van der Waals surface area contributed by atoms with Crippen molar-refractivity contribution in [2.24, 2.45) is 0 Å². The van der Waals surface area contributed by atoms with Gasteiger partial charge in [0.05, 0.1) is 13.7 Å². The average Bonchev–Trinajstić information content (AvgIpc) is 2.48. The Bertz CT molecular complexity index is 665. The van der Waals surface area contributed by atoms with Crippen LogP contribution < -0.4 is 4.74 Å². The number of hydrogen-bond donors (Lipinski definition) is 0. The van der Waals surface area contributed by atoms with Crippen LogP contribution in [0.4, 0.5) is 0 Å². The molecule has 0 spiro atoms. The standard InChI is InChI=1S/C17H19BrO3/c1-4-5-9-21-16-12-7-6-8-14(18)13(12)10-11(2)15(16)17(19)20-3/h6-8,10H,4-5,9H2,1-3H3. The van der Waals surface area contributed by atoms with Gasteiger partial charge in [-0.25, -0.2) is 4.79 Å². The summed E-state index contributed by atoms with van der Waals surface area (Å²) in [5.74, 6) is 0.257. The van der Waals surface area contributed by atoms with Crippen molar-refractivity contribution in [1.29, 1.82) is 0 Å². The fraction of sp³-hybridized carbons (Fsp3) is 0.353. The van der Waals surface area contributed by atoms with Gasteiger partial charge in [-0.1, -0.05) is 41.4 Å². The number of ether oxygens (including phenoxy) is 2. The lowest BCUT2D eigenvalue weighted by Crippen LogP contribution is -2.09. The molecule has 0 N–H and O–H groups in total. The van der Waals surface area contributed by atoms with E-state index < -0.39 is 0 Å². The minimum absolute atomic E-state index is 0.360. The lowest BCUT2D eigenvalue weighted by Gasteiger charge is -2.16. The molecule has 0 radical (unpaired) electrons. The van der Waals surface area contributed by atoms with E-state index in [0.717, 1.165) is 33.7 Å². The maximum Gasteiger partial charge on any atom is 0.341 e. The highest BCUT2D eigenvalue weighted by Gasteiger charge is 2.20. The summed E-state index contributed by atoms with van der Waals surface area (Å²) < 4.78 is 11.8. The summed E-state index contributed by atoms with van der Waals surface area (Å²) in [6.07, 6.45) is 1.99. The van der Waals surface area contributed by atoms with Gasteiger partial charge in [0, 0.05) is 9.86 Å². The first-order chi connectivity index (χ1) is 10.1. The number of benzene rings is 2. The maximum atomic E-state index is 12.1. The first-order valence-corrected chi connectivity index (χ1v) is 7.82. The number of fused-ring (bicyclic) bond motifs is 1. The number of carbonyl (C=O) groups is 1. The van der Waals surface area contributed by atoms with Crippen LogP contribution in [0.15, 0.2) is 28.7 Å². The van der Waals surface area contributed by atoms with E-state index in [9.17, 15) is 4.79 Å². The summed E-state index contributed by atoms with van der Waals surface area (Å²) >= 11 is 3.55. The van der Waals surface area contributed by atoms with Gasteiger partial charge < -0.3 is 9.47 Å². The van der Waals surface area contributed by atoms with Gasteiger partial charge in [0.25, 0.3) is 0 Å². The quantitative estimate of drug-likeness (QED) is 0.569. The van der Waals surface area contributed by atoms with E-state index in [1.165, 1.54) is 7.11 Å². The van der Waals surface area contributed by atoms with Gasteiger partial charge >= 0.3 is 5.97 Å². The molecule has 0 unspecified atom stereocenters. The Morgan fingerprint density at radius 3 is 2.71 bits per heavy atom. The molecule has 0 aromatic heterocycles. The molecule has 0 atom stereocenters. The predicted molar refractivity (Wildman–Crippen MR) is 88.1 cm³/mol. The topological polar surface area (TPSA) is 35.5 Å². The third-order valence-corrected chi connectivity index (χ3v) is 4.11. The van der Waals surface area contributed by atoms with Crippen LogP contribution >= 0.6 is 15.9 Å². The largest absolute Gasteiger partial charge is 0.492 e. The summed E-state index contributed by atoms with van der Waals surface area (Å²) in [7, 11) is 1.39. The number of esters is 1. The number of carbonyl (C=O) groups excluding carboxylic acids is 1. The van der Waals surface area contributed by atoms with Gasteiger partial charge in [0.2, 0.25) is 0 Å². The monoisotopic (exact) mass is 350 g/mol. The third-order valence-electron chi connectivity index (χ3n) is 3.41. The Morgan fingerprint density at radius 2 is 2.05 bits per heavy atom. The number of methoxy groups -OCH3 is 1. The number of hydrogen-bond acceptors (Lipinski definition) is 3. The smallest absolute Gasteiger partial charge is 0.341 e. The molecule has 21 heavy (non-hydrogen) atoms. The Labute approximate surface area is 133 Å². The summed E-state index contributed by atoms with van der Waals surface area (Å²) in [4.78, 5) is 12.1. The van der Waals surface area contributed by atoms with Crippen LogP contribution in [-0.4, -0.2) is 19.7 Å². The Hall–Kier alpha value is -1.55. The molecule has 0 aliphatic rings. The average molecular weight is 351 g/mol. The first kappa shape index (κ1) is 15.8. The molecule has 0 amide bonds. The molecule has 0 bridgehead atoms. The van der Waals surface area contributed by atoms with Gasteiger partial charge in [0.15, 0.2) is 0 Å². The SMILES string of the molecule is CCCCOc1c(C(=O)OC)c(C)cc2c(Br)cccc12. The summed E-state index contributed by atoms with van der Waals surface area (Å²) in [6, 6.07) is 7.87. The van der Waals surface area contributed by atoms with Crippen molar-refractivity contribution in [2.75, 3.05) is 13.7 Å². The minimum atomic E-state index is -0.360. The number of rotatable bonds is 5. The van der Waals surface area contributed by atoms with Crippen LogP contribution in [0, 0.1) is 6.92 Å². The second-order valence-corrected chi connectivity index (χ2v) is 5.78. The zero-order chi connectivity index (χ0) is 15.4. The molecule has 0 heterocycles. The molecule has 2 aromatic rings. The van der Waals surface area contributed by atoms with Crippen LogP contribution in [0.1, 0.15) is 35.7 Å². The number of unbranched alkanes of at least 4 members (excludes halogenated alkanes) is 1. The fourth-order valence-corrected chi connectivity index (χ4v) is 2.79. The van der Waals surface area contributed by atoms with E-state index in [4.69, 9.17) is 9.47 Å². The van der Waals surface area contributed by atoms with Crippen LogP contribution in [0.25, 0.3) is 10.8 Å². The highest BCUT2D eigenvalue weighted by atomic mass is 79.9. The summed E-state index contributed by atoms with van der Waals surface area (Å²) in [6.45, 7) is 4.60. The molecule has 2 rings (SSSR count). The molecule has 2 aromatic carbocycles. The molecular weight excluding hydrogens is 332 g/mol. The zero-order valence-electron chi connectivity index (χ0n) is 12.5. The first-order valence-electron chi connectivity index (χ1n) is 7.03. The Morgan fingerprint density at radius 1 is 1.29 bits per heavy atom. The van der Waals surface area contributed by atoms with E-state index in [2.05, 4.69) is 22.9 Å². The lowest BCUT2D eigenvalue weighted by molar-refractivity contribution is 0.0595. The number of halogens is 1. The minimum Gasteiger partial charge on any atom is -0.492 e. The van der Waals surface area contributed by atoms with E-state index in [-0.39, 0.29) is 5.97 Å². The van der Waals surface area contributed by atoms with Crippen molar-refractivity contribution in [2.45, 2.75) is 26.7 Å². The van der Waals surface area contributed by atoms with E-state index in [1.807, 2.05) is 31.2 Å². The van der Waals surface area contributed by atoms with Crippen molar-refractivity contribution >= 4 is 32.7 Å². The predicted octanol–water partition coefficient (Wildman–Crippen LogP) is 4.88. The van der Waals surface area contributed by atoms with Crippen molar-refractivity contribution in [3.05, 3.63) is 39.9 Å². The Balaban J connectivity index is 2.66. The van der Waals surface area contributed by atoms with Gasteiger partial charge in [0.1, 0.15) is 11.3 Å². The molecule has 3 nitrogen and oxygen atoms in total. The fourth-order valence-electron chi connectivity index (χ4n) is 2.31. The van der Waals surface area contributed by atoms with Crippen molar-refractivity contribution < 1.29 is 14.3 Å². The highest BCUT2D eigenvalue weighted by Crippen LogP contribution is 2.36. The van der Waals surface area contributed by atoms with Crippen molar-refractivity contribution in [3.8, 4) is 5.75 Å². The van der Waals surface area contributed by atoms with Crippen LogP contribution in [-0.2, 0) is 4.74 Å². The van der Waals surface area contributed by atoms with Crippen LogP contribution in [0.3, 0.4) is 0 Å². The maximum absolute atomic E-state index is 12.1.